The van der Waals surface area contributed by atoms with Gasteiger partial charge in [-0.3, -0.25) is 0 Å². The SMILES string of the molecule is CCCCOC(O)C(C)CC. The van der Waals surface area contributed by atoms with E-state index < -0.39 is 6.29 Å². The predicted octanol–water partition coefficient (Wildman–Crippen LogP) is 2.17. The van der Waals surface area contributed by atoms with E-state index in [4.69, 9.17) is 4.74 Å². The van der Waals surface area contributed by atoms with Gasteiger partial charge < -0.3 is 9.84 Å². The Bertz CT molecular complexity index is 83.6. The van der Waals surface area contributed by atoms with E-state index in [0.717, 1.165) is 19.3 Å². The molecule has 0 saturated carbocycles. The van der Waals surface area contributed by atoms with Crippen molar-refractivity contribution < 1.29 is 9.84 Å². The standard InChI is InChI=1S/C9H20O2/c1-4-6-7-11-9(10)8(3)5-2/h8-10H,4-7H2,1-3H3. The van der Waals surface area contributed by atoms with Gasteiger partial charge in [0.1, 0.15) is 0 Å². The van der Waals surface area contributed by atoms with Gasteiger partial charge in [0.05, 0.1) is 0 Å². The molecule has 0 spiro atoms. The molecule has 0 aliphatic rings. The molecule has 68 valence electrons. The molecule has 2 unspecified atom stereocenters. The van der Waals surface area contributed by atoms with Gasteiger partial charge in [0.25, 0.3) is 0 Å². The van der Waals surface area contributed by atoms with Crippen molar-refractivity contribution in [3.63, 3.8) is 0 Å². The smallest absolute Gasteiger partial charge is 0.157 e. The van der Waals surface area contributed by atoms with E-state index in [1.54, 1.807) is 0 Å². The van der Waals surface area contributed by atoms with Crippen molar-refractivity contribution in [1.82, 2.24) is 0 Å². The summed E-state index contributed by atoms with van der Waals surface area (Å²) >= 11 is 0. The first-order valence-corrected chi connectivity index (χ1v) is 4.52. The van der Waals surface area contributed by atoms with Crippen molar-refractivity contribution >= 4 is 0 Å². The third kappa shape index (κ3) is 5.22. The van der Waals surface area contributed by atoms with Gasteiger partial charge in [-0.2, -0.15) is 0 Å². The van der Waals surface area contributed by atoms with E-state index in [1.807, 2.05) is 6.92 Å². The summed E-state index contributed by atoms with van der Waals surface area (Å²) in [6.07, 6.45) is 2.56. The fraction of sp³-hybridized carbons (Fsp3) is 1.00. The van der Waals surface area contributed by atoms with Crippen LogP contribution in [-0.4, -0.2) is 18.0 Å². The van der Waals surface area contributed by atoms with Crippen LogP contribution in [0.25, 0.3) is 0 Å². The summed E-state index contributed by atoms with van der Waals surface area (Å²) in [5, 5.41) is 9.32. The summed E-state index contributed by atoms with van der Waals surface area (Å²) in [6.45, 7) is 6.84. The zero-order chi connectivity index (χ0) is 8.69. The Labute approximate surface area is 69.6 Å². The molecule has 2 nitrogen and oxygen atoms in total. The van der Waals surface area contributed by atoms with E-state index in [2.05, 4.69) is 13.8 Å². The largest absolute Gasteiger partial charge is 0.368 e. The lowest BCUT2D eigenvalue weighted by Gasteiger charge is -2.17. The quantitative estimate of drug-likeness (QED) is 0.476. The minimum absolute atomic E-state index is 0.256. The van der Waals surface area contributed by atoms with Gasteiger partial charge in [-0.25, -0.2) is 0 Å². The van der Waals surface area contributed by atoms with Gasteiger partial charge in [0.2, 0.25) is 0 Å². The summed E-state index contributed by atoms with van der Waals surface area (Å²) in [5.74, 6) is 0.256. The summed E-state index contributed by atoms with van der Waals surface area (Å²) in [5.41, 5.74) is 0. The summed E-state index contributed by atoms with van der Waals surface area (Å²) in [4.78, 5) is 0. The molecule has 0 aromatic carbocycles. The number of aliphatic hydroxyl groups is 1. The van der Waals surface area contributed by atoms with Crippen LogP contribution in [0.4, 0.5) is 0 Å². The molecule has 2 atom stereocenters. The number of aliphatic hydroxyl groups excluding tert-OH is 1. The molecule has 0 aliphatic carbocycles. The zero-order valence-corrected chi connectivity index (χ0v) is 7.84. The Morgan fingerprint density at radius 2 is 2.00 bits per heavy atom. The van der Waals surface area contributed by atoms with Gasteiger partial charge in [0, 0.05) is 12.5 Å². The number of hydrogen-bond acceptors (Lipinski definition) is 2. The van der Waals surface area contributed by atoms with Crippen LogP contribution in [-0.2, 0) is 4.74 Å². The van der Waals surface area contributed by atoms with Crippen molar-refractivity contribution in [2.45, 2.75) is 46.3 Å². The molecule has 11 heavy (non-hydrogen) atoms. The van der Waals surface area contributed by atoms with E-state index in [9.17, 15) is 5.11 Å². The fourth-order valence-electron chi connectivity index (χ4n) is 0.714. The summed E-state index contributed by atoms with van der Waals surface area (Å²) in [6, 6.07) is 0. The van der Waals surface area contributed by atoms with Crippen LogP contribution in [0.2, 0.25) is 0 Å². The minimum Gasteiger partial charge on any atom is -0.368 e. The molecule has 0 bridgehead atoms. The molecule has 0 fully saturated rings. The van der Waals surface area contributed by atoms with E-state index in [0.29, 0.717) is 6.61 Å². The van der Waals surface area contributed by atoms with Crippen LogP contribution in [0.5, 0.6) is 0 Å². The van der Waals surface area contributed by atoms with Crippen LogP contribution in [0.15, 0.2) is 0 Å². The number of unbranched alkanes of at least 4 members (excludes halogenated alkanes) is 1. The Balaban J connectivity index is 3.28. The van der Waals surface area contributed by atoms with Gasteiger partial charge in [-0.05, 0) is 12.8 Å². The predicted molar refractivity (Wildman–Crippen MR) is 46.3 cm³/mol. The minimum atomic E-state index is -0.563. The molecule has 0 rings (SSSR count). The van der Waals surface area contributed by atoms with Crippen LogP contribution >= 0.6 is 0 Å². The van der Waals surface area contributed by atoms with Crippen LogP contribution < -0.4 is 0 Å². The Kier molecular flexibility index (Phi) is 6.57. The molecular formula is C9H20O2. The number of ether oxygens (including phenoxy) is 1. The van der Waals surface area contributed by atoms with Crippen molar-refractivity contribution in [3.8, 4) is 0 Å². The third-order valence-electron chi connectivity index (χ3n) is 1.92. The highest BCUT2D eigenvalue weighted by molar-refractivity contribution is 4.51. The molecule has 0 radical (unpaired) electrons. The Hall–Kier alpha value is -0.0800. The first-order valence-electron chi connectivity index (χ1n) is 4.52. The lowest BCUT2D eigenvalue weighted by Crippen LogP contribution is -2.21. The lowest BCUT2D eigenvalue weighted by molar-refractivity contribution is -0.131. The Morgan fingerprint density at radius 1 is 1.36 bits per heavy atom. The molecule has 0 saturated heterocycles. The van der Waals surface area contributed by atoms with Crippen molar-refractivity contribution in [3.05, 3.63) is 0 Å². The number of rotatable bonds is 6. The molecular weight excluding hydrogens is 140 g/mol. The van der Waals surface area contributed by atoms with Gasteiger partial charge in [-0.1, -0.05) is 27.2 Å². The molecule has 0 heterocycles. The third-order valence-corrected chi connectivity index (χ3v) is 1.92. The van der Waals surface area contributed by atoms with E-state index >= 15 is 0 Å². The highest BCUT2D eigenvalue weighted by atomic mass is 16.6. The van der Waals surface area contributed by atoms with Crippen LogP contribution in [0.1, 0.15) is 40.0 Å². The van der Waals surface area contributed by atoms with Gasteiger partial charge in [-0.15, -0.1) is 0 Å². The van der Waals surface area contributed by atoms with Gasteiger partial charge >= 0.3 is 0 Å². The maximum absolute atomic E-state index is 9.32. The second-order valence-electron chi connectivity index (χ2n) is 3.00. The second kappa shape index (κ2) is 6.62. The van der Waals surface area contributed by atoms with Crippen molar-refractivity contribution in [2.24, 2.45) is 5.92 Å². The average molecular weight is 160 g/mol. The maximum Gasteiger partial charge on any atom is 0.157 e. The first-order chi connectivity index (χ1) is 5.22. The molecule has 0 amide bonds. The van der Waals surface area contributed by atoms with Crippen LogP contribution in [0, 0.1) is 5.92 Å². The summed E-state index contributed by atoms with van der Waals surface area (Å²) in [7, 11) is 0. The molecule has 0 aromatic heterocycles. The highest BCUT2D eigenvalue weighted by Crippen LogP contribution is 2.08. The fourth-order valence-corrected chi connectivity index (χ4v) is 0.714. The lowest BCUT2D eigenvalue weighted by atomic mass is 10.1. The van der Waals surface area contributed by atoms with E-state index in [-0.39, 0.29) is 5.92 Å². The average Bonchev–Trinajstić information content (AvgIpc) is 2.03. The molecule has 2 heteroatoms. The zero-order valence-electron chi connectivity index (χ0n) is 7.84. The Morgan fingerprint density at radius 3 is 2.45 bits per heavy atom. The summed E-state index contributed by atoms with van der Waals surface area (Å²) < 4.78 is 5.19. The molecule has 0 aliphatic heterocycles. The highest BCUT2D eigenvalue weighted by Gasteiger charge is 2.11. The van der Waals surface area contributed by atoms with Crippen molar-refractivity contribution in [2.75, 3.05) is 6.61 Å². The van der Waals surface area contributed by atoms with Crippen molar-refractivity contribution in [1.29, 1.82) is 0 Å². The normalized spacial score (nSPS) is 16.4. The van der Waals surface area contributed by atoms with Crippen LogP contribution in [0.3, 0.4) is 0 Å². The molecule has 1 N–H and O–H groups in total. The van der Waals surface area contributed by atoms with E-state index in [1.165, 1.54) is 0 Å². The topological polar surface area (TPSA) is 29.5 Å². The maximum atomic E-state index is 9.32. The molecule has 0 aromatic rings. The second-order valence-corrected chi connectivity index (χ2v) is 3.00. The number of hydrogen-bond donors (Lipinski definition) is 1. The monoisotopic (exact) mass is 160 g/mol. The van der Waals surface area contributed by atoms with Gasteiger partial charge in [0.15, 0.2) is 6.29 Å². The first kappa shape index (κ1) is 10.9.